The number of aromatic nitrogens is 2. The molecule has 2 N–H and O–H groups in total. The van der Waals surface area contributed by atoms with Crippen LogP contribution in [0.2, 0.25) is 0 Å². The molecule has 0 saturated heterocycles. The first-order valence-electron chi connectivity index (χ1n) is 11.4. The van der Waals surface area contributed by atoms with E-state index in [1.165, 1.54) is 5.56 Å². The van der Waals surface area contributed by atoms with Gasteiger partial charge in [-0.2, -0.15) is 5.10 Å². The summed E-state index contributed by atoms with van der Waals surface area (Å²) in [6.45, 7) is 4.57. The van der Waals surface area contributed by atoms with E-state index < -0.39 is 5.91 Å². The van der Waals surface area contributed by atoms with Gasteiger partial charge in [-0.25, -0.2) is 0 Å². The van der Waals surface area contributed by atoms with Crippen molar-refractivity contribution in [1.82, 2.24) is 9.78 Å². The minimum Gasteiger partial charge on any atom is -0.486 e. The van der Waals surface area contributed by atoms with Crippen LogP contribution in [0.15, 0.2) is 77.3 Å². The van der Waals surface area contributed by atoms with Gasteiger partial charge in [-0.15, -0.1) is 0 Å². The number of carbonyl (C=O) groups excluding carboxylic acids is 2. The minimum atomic E-state index is -0.401. The van der Waals surface area contributed by atoms with Crippen molar-refractivity contribution in [2.45, 2.75) is 32.8 Å². The average molecular weight is 473 g/mol. The van der Waals surface area contributed by atoms with E-state index in [0.717, 1.165) is 12.2 Å². The molecule has 2 amide bonds. The van der Waals surface area contributed by atoms with Crippen LogP contribution in [0.3, 0.4) is 0 Å². The van der Waals surface area contributed by atoms with Crippen molar-refractivity contribution in [3.8, 4) is 5.75 Å². The maximum Gasteiger partial charge on any atom is 0.291 e. The van der Waals surface area contributed by atoms with Crippen molar-refractivity contribution in [3.63, 3.8) is 0 Å². The predicted octanol–water partition coefficient (Wildman–Crippen LogP) is 5.61. The number of anilines is 2. The summed E-state index contributed by atoms with van der Waals surface area (Å²) in [5.74, 6) is 1.22. The lowest BCUT2D eigenvalue weighted by Gasteiger charge is -2.10. The Kier molecular flexibility index (Phi) is 7.30. The molecule has 0 radical (unpaired) electrons. The Morgan fingerprint density at radius 2 is 1.71 bits per heavy atom. The van der Waals surface area contributed by atoms with Crippen LogP contribution >= 0.6 is 0 Å². The summed E-state index contributed by atoms with van der Waals surface area (Å²) in [6.07, 6.45) is 2.78. The minimum absolute atomic E-state index is 0.165. The molecule has 0 fully saturated rings. The lowest BCUT2D eigenvalue weighted by molar-refractivity contribution is 0.0991. The monoisotopic (exact) mass is 472 g/mol. The summed E-state index contributed by atoms with van der Waals surface area (Å²) in [5, 5.41) is 9.63. The lowest BCUT2D eigenvalue weighted by atomic mass is 9.99. The Morgan fingerprint density at radius 1 is 1.00 bits per heavy atom. The maximum atomic E-state index is 12.6. The van der Waals surface area contributed by atoms with Crippen LogP contribution in [-0.4, -0.2) is 21.6 Å². The van der Waals surface area contributed by atoms with Crippen LogP contribution in [0.4, 0.5) is 11.4 Å². The van der Waals surface area contributed by atoms with Gasteiger partial charge in [0.1, 0.15) is 18.1 Å². The molecular formula is C27H28N4O4. The van der Waals surface area contributed by atoms with Crippen molar-refractivity contribution in [2.24, 2.45) is 7.05 Å². The fourth-order valence-electron chi connectivity index (χ4n) is 3.46. The number of furan rings is 1. The van der Waals surface area contributed by atoms with Crippen LogP contribution in [0, 0.1) is 0 Å². The van der Waals surface area contributed by atoms with Gasteiger partial charge in [-0.3, -0.25) is 14.3 Å². The molecule has 1 atom stereocenters. The van der Waals surface area contributed by atoms with Gasteiger partial charge in [0.25, 0.3) is 11.8 Å². The zero-order valence-corrected chi connectivity index (χ0v) is 19.9. The van der Waals surface area contributed by atoms with Crippen molar-refractivity contribution in [2.75, 3.05) is 10.6 Å². The topological polar surface area (TPSA) is 98.4 Å². The lowest BCUT2D eigenvalue weighted by Crippen LogP contribution is -2.14. The first kappa shape index (κ1) is 23.8. The molecule has 35 heavy (non-hydrogen) atoms. The number of amides is 2. The van der Waals surface area contributed by atoms with E-state index in [1.807, 2.05) is 12.1 Å². The molecule has 0 aliphatic carbocycles. The summed E-state index contributed by atoms with van der Waals surface area (Å²) in [4.78, 5) is 25.0. The van der Waals surface area contributed by atoms with Crippen LogP contribution in [0.1, 0.15) is 58.6 Å². The Hall–Kier alpha value is -4.33. The van der Waals surface area contributed by atoms with E-state index in [1.54, 1.807) is 60.4 Å². The molecular weight excluding hydrogens is 444 g/mol. The Labute approximate surface area is 203 Å². The first-order valence-corrected chi connectivity index (χ1v) is 11.4. The van der Waals surface area contributed by atoms with Gasteiger partial charge in [0.05, 0.1) is 0 Å². The third-order valence-corrected chi connectivity index (χ3v) is 5.65. The highest BCUT2D eigenvalue weighted by Crippen LogP contribution is 2.23. The van der Waals surface area contributed by atoms with E-state index in [4.69, 9.17) is 9.15 Å². The number of rotatable bonds is 9. The number of nitrogens with one attached hydrogen (secondary N) is 2. The number of hydrogen-bond acceptors (Lipinski definition) is 5. The van der Waals surface area contributed by atoms with Gasteiger partial charge in [0.2, 0.25) is 0 Å². The third-order valence-electron chi connectivity index (χ3n) is 5.65. The summed E-state index contributed by atoms with van der Waals surface area (Å²) >= 11 is 0. The Morgan fingerprint density at radius 3 is 2.37 bits per heavy atom. The first-order chi connectivity index (χ1) is 16.9. The van der Waals surface area contributed by atoms with Crippen molar-refractivity contribution < 1.29 is 18.7 Å². The van der Waals surface area contributed by atoms with Crippen LogP contribution in [0.5, 0.6) is 5.75 Å². The number of ether oxygens (including phenoxy) is 1. The zero-order valence-electron chi connectivity index (χ0n) is 19.9. The van der Waals surface area contributed by atoms with E-state index in [0.29, 0.717) is 28.7 Å². The standard InChI is InChI=1S/C27H28N4O4/c1-4-18(2)19-8-10-22(11-9-19)34-17-23-12-13-25(35-23)27(33)29-21-7-5-6-20(16-21)28-26(32)24-14-15-31(3)30-24/h5-16,18H,4,17H2,1-3H3,(H,28,32)(H,29,33). The van der Waals surface area contributed by atoms with Crippen LogP contribution in [0.25, 0.3) is 0 Å². The van der Waals surface area contributed by atoms with E-state index in [9.17, 15) is 9.59 Å². The summed E-state index contributed by atoms with van der Waals surface area (Å²) in [7, 11) is 1.74. The molecule has 180 valence electrons. The fourth-order valence-corrected chi connectivity index (χ4v) is 3.46. The molecule has 4 aromatic rings. The van der Waals surface area contributed by atoms with Gasteiger partial charge < -0.3 is 19.8 Å². The molecule has 8 heteroatoms. The van der Waals surface area contributed by atoms with Crippen LogP contribution in [-0.2, 0) is 13.7 Å². The third kappa shape index (κ3) is 6.17. The molecule has 0 spiro atoms. The number of nitrogens with zero attached hydrogens (tertiary/aromatic N) is 2. The SMILES string of the molecule is CCC(C)c1ccc(OCc2ccc(C(=O)Nc3cccc(NC(=O)c4ccn(C)n4)c3)o2)cc1. The predicted molar refractivity (Wildman–Crippen MR) is 134 cm³/mol. The second kappa shape index (κ2) is 10.7. The number of aryl methyl sites for hydroxylation is 1. The molecule has 0 saturated carbocycles. The second-order valence-corrected chi connectivity index (χ2v) is 8.30. The molecule has 2 aromatic heterocycles. The Balaban J connectivity index is 1.32. The summed E-state index contributed by atoms with van der Waals surface area (Å²) < 4.78 is 13.0. The molecule has 2 aromatic carbocycles. The van der Waals surface area contributed by atoms with Crippen LogP contribution < -0.4 is 15.4 Å². The molecule has 4 rings (SSSR count). The smallest absolute Gasteiger partial charge is 0.291 e. The highest BCUT2D eigenvalue weighted by Gasteiger charge is 2.14. The molecule has 0 aliphatic rings. The quantitative estimate of drug-likeness (QED) is 0.330. The molecule has 8 nitrogen and oxygen atoms in total. The highest BCUT2D eigenvalue weighted by atomic mass is 16.5. The molecule has 0 aliphatic heterocycles. The van der Waals surface area contributed by atoms with Gasteiger partial charge in [0, 0.05) is 24.6 Å². The summed E-state index contributed by atoms with van der Waals surface area (Å²) in [6, 6.07) is 19.8. The largest absolute Gasteiger partial charge is 0.486 e. The Bertz CT molecular complexity index is 1310. The molecule has 2 heterocycles. The van der Waals surface area contributed by atoms with Gasteiger partial charge in [-0.1, -0.05) is 32.0 Å². The van der Waals surface area contributed by atoms with Gasteiger partial charge in [-0.05, 0) is 66.4 Å². The van der Waals surface area contributed by atoms with E-state index >= 15 is 0 Å². The normalized spacial score (nSPS) is 11.6. The van der Waals surface area contributed by atoms with Gasteiger partial charge >= 0.3 is 0 Å². The van der Waals surface area contributed by atoms with E-state index in [2.05, 4.69) is 41.7 Å². The number of carbonyl (C=O) groups is 2. The van der Waals surface area contributed by atoms with Crippen molar-refractivity contribution in [1.29, 1.82) is 0 Å². The number of hydrogen-bond donors (Lipinski definition) is 2. The summed E-state index contributed by atoms with van der Waals surface area (Å²) in [5.41, 5.74) is 2.63. The fraction of sp³-hybridized carbons (Fsp3) is 0.222. The van der Waals surface area contributed by atoms with E-state index in [-0.39, 0.29) is 18.3 Å². The molecule has 1 unspecified atom stereocenters. The number of benzene rings is 2. The average Bonchev–Trinajstić information content (AvgIpc) is 3.52. The van der Waals surface area contributed by atoms with Gasteiger partial charge in [0.15, 0.2) is 11.5 Å². The zero-order chi connectivity index (χ0) is 24.8. The van der Waals surface area contributed by atoms with Crippen molar-refractivity contribution in [3.05, 3.63) is 95.7 Å². The second-order valence-electron chi connectivity index (χ2n) is 8.30. The highest BCUT2D eigenvalue weighted by molar-refractivity contribution is 6.04. The maximum absolute atomic E-state index is 12.6. The van der Waals surface area contributed by atoms with Crippen molar-refractivity contribution >= 4 is 23.2 Å². The molecule has 0 bridgehead atoms.